The molecule has 3 N–H and O–H groups in total. The van der Waals surface area contributed by atoms with Crippen molar-refractivity contribution < 1.29 is 14.4 Å². The first-order chi connectivity index (χ1) is 16.4. The highest BCUT2D eigenvalue weighted by atomic mass is 35.5. The van der Waals surface area contributed by atoms with Crippen LogP contribution < -0.4 is 16.0 Å². The van der Waals surface area contributed by atoms with Gasteiger partial charge < -0.3 is 15.5 Å². The fourth-order valence-corrected chi connectivity index (χ4v) is 5.35. The molecule has 2 aliphatic heterocycles. The zero-order valence-electron chi connectivity index (χ0n) is 18.7. The van der Waals surface area contributed by atoms with Crippen molar-refractivity contribution in [3.63, 3.8) is 0 Å². The van der Waals surface area contributed by atoms with Crippen molar-refractivity contribution >= 4 is 35.1 Å². The Kier molecular flexibility index (Phi) is 6.22. The molecule has 2 fully saturated rings. The van der Waals surface area contributed by atoms with E-state index in [0.717, 1.165) is 42.6 Å². The Morgan fingerprint density at radius 2 is 1.91 bits per heavy atom. The number of piperidine rings is 1. The summed E-state index contributed by atoms with van der Waals surface area (Å²) < 4.78 is 0. The number of amides is 3. The maximum Gasteiger partial charge on any atom is 0.255 e. The van der Waals surface area contributed by atoms with Crippen molar-refractivity contribution in [2.45, 2.75) is 69.7 Å². The van der Waals surface area contributed by atoms with Gasteiger partial charge in [0.1, 0.15) is 17.0 Å². The molecule has 3 aliphatic rings. The van der Waals surface area contributed by atoms with Crippen LogP contribution in [0.1, 0.15) is 60.0 Å². The topological polar surface area (TPSA) is 122 Å². The second-order valence-corrected chi connectivity index (χ2v) is 9.68. The highest BCUT2D eigenvalue weighted by Crippen LogP contribution is 2.31. The van der Waals surface area contributed by atoms with Crippen LogP contribution in [0.5, 0.6) is 0 Å². The van der Waals surface area contributed by atoms with Gasteiger partial charge in [-0.2, -0.15) is 0 Å². The summed E-state index contributed by atoms with van der Waals surface area (Å²) in [5.74, 6) is -0.149. The number of rotatable bonds is 5. The van der Waals surface area contributed by atoms with Crippen LogP contribution in [0.4, 0.5) is 5.82 Å². The molecule has 1 atom stereocenters. The van der Waals surface area contributed by atoms with Gasteiger partial charge in [0.15, 0.2) is 0 Å². The number of aromatic nitrogens is 2. The van der Waals surface area contributed by atoms with E-state index in [9.17, 15) is 14.4 Å². The zero-order valence-corrected chi connectivity index (χ0v) is 19.5. The number of imide groups is 1. The van der Waals surface area contributed by atoms with E-state index in [-0.39, 0.29) is 30.3 Å². The van der Waals surface area contributed by atoms with Crippen molar-refractivity contribution in [1.82, 2.24) is 20.2 Å². The number of carbonyl (C=O) groups is 3. The molecule has 0 bridgehead atoms. The van der Waals surface area contributed by atoms with Crippen LogP contribution in [0.25, 0.3) is 0 Å². The maximum absolute atomic E-state index is 13.0. The summed E-state index contributed by atoms with van der Waals surface area (Å²) in [6.45, 7) is 0.943. The first kappa shape index (κ1) is 22.7. The second-order valence-electron chi connectivity index (χ2n) is 9.29. The van der Waals surface area contributed by atoms with Gasteiger partial charge in [0.05, 0.1) is 12.4 Å². The highest BCUT2D eigenvalue weighted by molar-refractivity contribution is 6.29. The molecule has 3 amide bonds. The molecule has 1 unspecified atom stereocenters. The van der Waals surface area contributed by atoms with E-state index in [1.165, 1.54) is 6.20 Å². The Bertz CT molecular complexity index is 1130. The van der Waals surface area contributed by atoms with E-state index in [1.807, 2.05) is 18.2 Å². The summed E-state index contributed by atoms with van der Waals surface area (Å²) in [7, 11) is 0. The number of carbonyl (C=O) groups excluding carboxylic acids is 3. The van der Waals surface area contributed by atoms with Gasteiger partial charge in [-0.05, 0) is 49.3 Å². The fraction of sp³-hybridized carbons (Fsp3) is 0.458. The number of anilines is 1. The van der Waals surface area contributed by atoms with Crippen molar-refractivity contribution in [1.29, 1.82) is 0 Å². The lowest BCUT2D eigenvalue weighted by Gasteiger charge is -2.37. The lowest BCUT2D eigenvalue weighted by molar-refractivity contribution is -0.136. The average Bonchev–Trinajstić information content (AvgIpc) is 3.13. The normalized spacial score (nSPS) is 24.7. The molecular weight excluding hydrogens is 456 g/mol. The third-order valence-electron chi connectivity index (χ3n) is 7.01. The van der Waals surface area contributed by atoms with Crippen LogP contribution in [0.2, 0.25) is 5.15 Å². The molecule has 1 aliphatic carbocycles. The highest BCUT2D eigenvalue weighted by Gasteiger charge is 2.39. The zero-order chi connectivity index (χ0) is 23.8. The molecular formula is C24H27ClN6O3. The molecule has 2 aromatic rings. The van der Waals surface area contributed by atoms with Crippen molar-refractivity contribution in [2.24, 2.45) is 5.73 Å². The van der Waals surface area contributed by atoms with Gasteiger partial charge >= 0.3 is 0 Å². The third-order valence-corrected chi connectivity index (χ3v) is 7.19. The maximum atomic E-state index is 13.0. The molecule has 1 aromatic carbocycles. The number of nitrogens with two attached hydrogens (primary N) is 1. The minimum Gasteiger partial charge on any atom is -0.348 e. The van der Waals surface area contributed by atoms with Crippen molar-refractivity contribution in [2.75, 3.05) is 4.90 Å². The summed E-state index contributed by atoms with van der Waals surface area (Å²) in [5.41, 5.74) is 8.65. The van der Waals surface area contributed by atoms with Gasteiger partial charge in [-0.25, -0.2) is 4.98 Å². The van der Waals surface area contributed by atoms with Crippen LogP contribution >= 0.6 is 11.6 Å². The fourth-order valence-electron chi connectivity index (χ4n) is 5.20. The number of nitrogens with zero attached hydrogens (tertiary/aromatic N) is 4. The largest absolute Gasteiger partial charge is 0.348 e. The van der Waals surface area contributed by atoms with Crippen LogP contribution in [0, 0.1) is 0 Å². The number of hydrogen-bond donors (Lipinski definition) is 2. The molecule has 1 aromatic heterocycles. The van der Waals surface area contributed by atoms with E-state index in [4.69, 9.17) is 17.3 Å². The smallest absolute Gasteiger partial charge is 0.255 e. The van der Waals surface area contributed by atoms with Gasteiger partial charge in [-0.15, -0.1) is 0 Å². The quantitative estimate of drug-likeness (QED) is 0.626. The van der Waals surface area contributed by atoms with Gasteiger partial charge in [-0.3, -0.25) is 24.7 Å². The van der Waals surface area contributed by atoms with Crippen LogP contribution in [-0.4, -0.2) is 50.7 Å². The molecule has 9 nitrogen and oxygen atoms in total. The van der Waals surface area contributed by atoms with Crippen LogP contribution in [-0.2, 0) is 22.7 Å². The minimum atomic E-state index is -0.620. The predicted molar refractivity (Wildman–Crippen MR) is 126 cm³/mol. The molecule has 0 spiro atoms. The van der Waals surface area contributed by atoms with Gasteiger partial charge in [-0.1, -0.05) is 23.7 Å². The first-order valence-corrected chi connectivity index (χ1v) is 12.0. The second kappa shape index (κ2) is 9.31. The van der Waals surface area contributed by atoms with Gasteiger partial charge in [0, 0.05) is 37.2 Å². The Hall–Kier alpha value is -3.04. The van der Waals surface area contributed by atoms with Crippen LogP contribution in [0.15, 0.2) is 30.6 Å². The molecule has 3 heterocycles. The minimum absolute atomic E-state index is 0.171. The number of halogens is 1. The summed E-state index contributed by atoms with van der Waals surface area (Å²) >= 11 is 6.14. The predicted octanol–water partition coefficient (Wildman–Crippen LogP) is 2.17. The first-order valence-electron chi connectivity index (χ1n) is 11.7. The lowest BCUT2D eigenvalue weighted by Crippen LogP contribution is -2.52. The number of benzene rings is 1. The molecule has 34 heavy (non-hydrogen) atoms. The SMILES string of the molecule is NC1CCC(N(Cc2ccc3c(c2)CN(C2CCC(=O)NC2=O)C3=O)c2cncc(Cl)n2)CC1. The van der Waals surface area contributed by atoms with Gasteiger partial charge in [0.2, 0.25) is 11.8 Å². The molecule has 10 heteroatoms. The summed E-state index contributed by atoms with van der Waals surface area (Å²) in [6, 6.07) is 5.68. The number of hydrogen-bond acceptors (Lipinski definition) is 7. The summed E-state index contributed by atoms with van der Waals surface area (Å²) in [6.07, 6.45) is 7.66. The molecule has 5 rings (SSSR count). The summed E-state index contributed by atoms with van der Waals surface area (Å²) in [4.78, 5) is 49.3. The molecule has 1 saturated heterocycles. The van der Waals surface area contributed by atoms with E-state index in [1.54, 1.807) is 11.1 Å². The van der Waals surface area contributed by atoms with E-state index in [2.05, 4.69) is 20.2 Å². The molecule has 1 saturated carbocycles. The Balaban J connectivity index is 1.38. The summed E-state index contributed by atoms with van der Waals surface area (Å²) in [5, 5.41) is 2.68. The monoisotopic (exact) mass is 482 g/mol. The van der Waals surface area contributed by atoms with E-state index < -0.39 is 11.9 Å². The van der Waals surface area contributed by atoms with Crippen LogP contribution in [0.3, 0.4) is 0 Å². The van der Waals surface area contributed by atoms with Gasteiger partial charge in [0.25, 0.3) is 5.91 Å². The van der Waals surface area contributed by atoms with Crippen molar-refractivity contribution in [3.8, 4) is 0 Å². The van der Waals surface area contributed by atoms with Crippen molar-refractivity contribution in [3.05, 3.63) is 52.4 Å². The average molecular weight is 483 g/mol. The Labute approximate surface area is 202 Å². The van der Waals surface area contributed by atoms with E-state index >= 15 is 0 Å². The Morgan fingerprint density at radius 3 is 2.65 bits per heavy atom. The molecule has 0 radical (unpaired) electrons. The standard InChI is InChI=1S/C24H27ClN6O3/c25-20-10-27-11-21(28-20)30(17-4-2-16(26)3-5-17)12-14-1-6-18-15(9-14)13-31(24(18)34)19-7-8-22(32)29-23(19)33/h1,6,9-11,16-17,19H,2-5,7-8,12-13,26H2,(H,29,32,33). The number of fused-ring (bicyclic) bond motifs is 1. The van der Waals surface area contributed by atoms with E-state index in [0.29, 0.717) is 30.2 Å². The number of nitrogens with one attached hydrogen (secondary N) is 1. The molecule has 178 valence electrons. The lowest BCUT2D eigenvalue weighted by atomic mass is 9.90. The Morgan fingerprint density at radius 1 is 1.12 bits per heavy atom. The third kappa shape index (κ3) is 4.50.